The Bertz CT molecular complexity index is 577. The number of nitrogens with zero attached hydrogens (tertiary/aromatic N) is 1. The molecule has 0 N–H and O–H groups in total. The molecule has 6 heteroatoms. The maximum atomic E-state index is 12.7. The average molecular weight is 299 g/mol. The highest BCUT2D eigenvalue weighted by atomic mass is 32.2. The van der Waals surface area contributed by atoms with Crippen LogP contribution in [0.25, 0.3) is 0 Å². The lowest BCUT2D eigenvalue weighted by Gasteiger charge is -2.27. The molecule has 0 amide bonds. The second kappa shape index (κ2) is 6.11. The van der Waals surface area contributed by atoms with Gasteiger partial charge in [-0.05, 0) is 31.9 Å². The number of rotatable bonds is 4. The molecule has 0 aromatic heterocycles. The van der Waals surface area contributed by atoms with E-state index in [0.29, 0.717) is 43.6 Å². The van der Waals surface area contributed by atoms with Gasteiger partial charge < -0.3 is 9.47 Å². The SMILES string of the molecule is CCOc1cc(S(=O)(=O)N2CCOCC2)c(C)cc1C. The minimum atomic E-state index is -3.48. The highest BCUT2D eigenvalue weighted by Gasteiger charge is 2.28. The lowest BCUT2D eigenvalue weighted by molar-refractivity contribution is 0.0730. The van der Waals surface area contributed by atoms with Crippen LogP contribution in [0.3, 0.4) is 0 Å². The Kier molecular flexibility index (Phi) is 4.67. The van der Waals surface area contributed by atoms with Crippen molar-refractivity contribution in [1.29, 1.82) is 0 Å². The molecule has 0 atom stereocenters. The Labute approximate surface area is 120 Å². The second-order valence-corrected chi connectivity index (χ2v) is 6.74. The van der Waals surface area contributed by atoms with Gasteiger partial charge in [-0.15, -0.1) is 0 Å². The number of hydrogen-bond acceptors (Lipinski definition) is 4. The number of benzene rings is 1. The molecule has 2 rings (SSSR count). The molecule has 1 aliphatic heterocycles. The van der Waals surface area contributed by atoms with Gasteiger partial charge >= 0.3 is 0 Å². The van der Waals surface area contributed by atoms with Crippen molar-refractivity contribution < 1.29 is 17.9 Å². The summed E-state index contributed by atoms with van der Waals surface area (Å²) in [4.78, 5) is 0.327. The molecule has 0 bridgehead atoms. The van der Waals surface area contributed by atoms with Gasteiger partial charge in [-0.1, -0.05) is 6.07 Å². The van der Waals surface area contributed by atoms with E-state index in [2.05, 4.69) is 0 Å². The van der Waals surface area contributed by atoms with Gasteiger partial charge in [0.1, 0.15) is 5.75 Å². The predicted octanol–water partition coefficient (Wildman–Crippen LogP) is 1.72. The fourth-order valence-electron chi connectivity index (χ4n) is 2.33. The molecule has 1 fully saturated rings. The van der Waals surface area contributed by atoms with E-state index in [1.165, 1.54) is 4.31 Å². The first kappa shape index (κ1) is 15.3. The largest absolute Gasteiger partial charge is 0.494 e. The highest BCUT2D eigenvalue weighted by molar-refractivity contribution is 7.89. The van der Waals surface area contributed by atoms with Crippen LogP contribution in [0.1, 0.15) is 18.1 Å². The molecule has 1 aliphatic rings. The molecule has 1 saturated heterocycles. The molecule has 1 aromatic rings. The van der Waals surface area contributed by atoms with E-state index in [-0.39, 0.29) is 0 Å². The minimum absolute atomic E-state index is 0.327. The third kappa shape index (κ3) is 2.97. The highest BCUT2D eigenvalue weighted by Crippen LogP contribution is 2.28. The molecule has 0 spiro atoms. The van der Waals surface area contributed by atoms with Crippen molar-refractivity contribution in [2.24, 2.45) is 0 Å². The molecule has 5 nitrogen and oxygen atoms in total. The summed E-state index contributed by atoms with van der Waals surface area (Å²) in [6.07, 6.45) is 0. The van der Waals surface area contributed by atoms with Crippen LogP contribution in [-0.2, 0) is 14.8 Å². The molecular weight excluding hydrogens is 278 g/mol. The monoisotopic (exact) mass is 299 g/mol. The summed E-state index contributed by atoms with van der Waals surface area (Å²) < 4.78 is 37.6. The lowest BCUT2D eigenvalue weighted by atomic mass is 10.1. The lowest BCUT2D eigenvalue weighted by Crippen LogP contribution is -2.40. The third-order valence-electron chi connectivity index (χ3n) is 3.36. The van der Waals surface area contributed by atoms with Gasteiger partial charge in [-0.2, -0.15) is 4.31 Å². The van der Waals surface area contributed by atoms with E-state index < -0.39 is 10.0 Å². The van der Waals surface area contributed by atoms with E-state index in [0.717, 1.165) is 11.1 Å². The Morgan fingerprint density at radius 1 is 1.20 bits per heavy atom. The van der Waals surface area contributed by atoms with E-state index in [1.54, 1.807) is 6.07 Å². The smallest absolute Gasteiger partial charge is 0.243 e. The van der Waals surface area contributed by atoms with Gasteiger partial charge in [0.25, 0.3) is 0 Å². The number of hydrogen-bond donors (Lipinski definition) is 0. The summed E-state index contributed by atoms with van der Waals surface area (Å²) in [6, 6.07) is 3.50. The summed E-state index contributed by atoms with van der Waals surface area (Å²) in [6.45, 7) is 7.83. The molecule has 112 valence electrons. The molecule has 1 aromatic carbocycles. The molecule has 0 aliphatic carbocycles. The van der Waals surface area contributed by atoms with Crippen molar-refractivity contribution in [2.45, 2.75) is 25.7 Å². The van der Waals surface area contributed by atoms with Crippen molar-refractivity contribution in [1.82, 2.24) is 4.31 Å². The fourth-order valence-corrected chi connectivity index (χ4v) is 3.96. The van der Waals surface area contributed by atoms with Crippen LogP contribution in [0, 0.1) is 13.8 Å². The van der Waals surface area contributed by atoms with Crippen molar-refractivity contribution in [3.63, 3.8) is 0 Å². The van der Waals surface area contributed by atoms with Gasteiger partial charge in [0.05, 0.1) is 24.7 Å². The third-order valence-corrected chi connectivity index (χ3v) is 5.40. The van der Waals surface area contributed by atoms with Gasteiger partial charge in [0.2, 0.25) is 10.0 Å². The molecule has 0 saturated carbocycles. The maximum absolute atomic E-state index is 12.7. The van der Waals surface area contributed by atoms with Crippen LogP contribution in [0.5, 0.6) is 5.75 Å². The molecule has 0 unspecified atom stereocenters. The van der Waals surface area contributed by atoms with Gasteiger partial charge in [-0.25, -0.2) is 8.42 Å². The van der Waals surface area contributed by atoms with Crippen LogP contribution >= 0.6 is 0 Å². The number of morpholine rings is 1. The molecule has 20 heavy (non-hydrogen) atoms. The zero-order chi connectivity index (χ0) is 14.8. The van der Waals surface area contributed by atoms with Gasteiger partial charge in [0.15, 0.2) is 0 Å². The van der Waals surface area contributed by atoms with Crippen LogP contribution in [0.4, 0.5) is 0 Å². The fraction of sp³-hybridized carbons (Fsp3) is 0.571. The molecule has 0 radical (unpaired) electrons. The van der Waals surface area contributed by atoms with Gasteiger partial charge in [0, 0.05) is 19.2 Å². The Morgan fingerprint density at radius 3 is 2.45 bits per heavy atom. The summed E-state index contributed by atoms with van der Waals surface area (Å²) in [5.41, 5.74) is 1.70. The van der Waals surface area contributed by atoms with E-state index in [1.807, 2.05) is 26.8 Å². The van der Waals surface area contributed by atoms with Crippen LogP contribution < -0.4 is 4.74 Å². The first-order valence-electron chi connectivity index (χ1n) is 6.78. The van der Waals surface area contributed by atoms with Crippen LogP contribution in [0.2, 0.25) is 0 Å². The Balaban J connectivity index is 2.42. The van der Waals surface area contributed by atoms with Crippen molar-refractivity contribution in [2.75, 3.05) is 32.9 Å². The quantitative estimate of drug-likeness (QED) is 0.849. The number of ether oxygens (including phenoxy) is 2. The van der Waals surface area contributed by atoms with Crippen molar-refractivity contribution in [3.05, 3.63) is 23.3 Å². The minimum Gasteiger partial charge on any atom is -0.494 e. The van der Waals surface area contributed by atoms with Crippen LogP contribution in [-0.4, -0.2) is 45.6 Å². The maximum Gasteiger partial charge on any atom is 0.243 e. The first-order chi connectivity index (χ1) is 9.46. The standard InChI is InChI=1S/C14H21NO4S/c1-4-19-13-10-14(12(3)9-11(13)2)20(16,17)15-5-7-18-8-6-15/h9-10H,4-8H2,1-3H3. The summed E-state index contributed by atoms with van der Waals surface area (Å²) in [7, 11) is -3.48. The van der Waals surface area contributed by atoms with E-state index in [4.69, 9.17) is 9.47 Å². The average Bonchev–Trinajstić information content (AvgIpc) is 2.42. The van der Waals surface area contributed by atoms with Crippen molar-refractivity contribution in [3.8, 4) is 5.75 Å². The van der Waals surface area contributed by atoms with E-state index in [9.17, 15) is 8.42 Å². The normalized spacial score (nSPS) is 17.1. The first-order valence-corrected chi connectivity index (χ1v) is 8.22. The summed E-state index contributed by atoms with van der Waals surface area (Å²) in [5.74, 6) is 0.630. The summed E-state index contributed by atoms with van der Waals surface area (Å²) in [5, 5.41) is 0. The number of sulfonamides is 1. The zero-order valence-electron chi connectivity index (χ0n) is 12.2. The number of aryl methyl sites for hydroxylation is 2. The second-order valence-electron chi connectivity index (χ2n) is 4.83. The van der Waals surface area contributed by atoms with Crippen molar-refractivity contribution >= 4 is 10.0 Å². The van der Waals surface area contributed by atoms with Gasteiger partial charge in [-0.3, -0.25) is 0 Å². The zero-order valence-corrected chi connectivity index (χ0v) is 13.0. The molecule has 1 heterocycles. The Hall–Kier alpha value is -1.11. The topological polar surface area (TPSA) is 55.8 Å². The predicted molar refractivity (Wildman–Crippen MR) is 76.7 cm³/mol. The molecular formula is C14H21NO4S. The summed E-state index contributed by atoms with van der Waals surface area (Å²) >= 11 is 0. The van der Waals surface area contributed by atoms with E-state index >= 15 is 0 Å². The Morgan fingerprint density at radius 2 is 1.85 bits per heavy atom. The van der Waals surface area contributed by atoms with Crippen LogP contribution in [0.15, 0.2) is 17.0 Å².